The molecule has 19 heteroatoms. The zero-order chi connectivity index (χ0) is 50.2. The van der Waals surface area contributed by atoms with Crippen LogP contribution in [-0.4, -0.2) is 174 Å². The lowest BCUT2D eigenvalue weighted by Gasteiger charge is -2.60. The smallest absolute Gasteiger partial charge is 0.331 e. The van der Waals surface area contributed by atoms with E-state index < -0.39 is 68.1 Å². The van der Waals surface area contributed by atoms with Crippen LogP contribution in [-0.2, 0) is 71.8 Å². The quantitative estimate of drug-likeness (QED) is 0.146. The first-order valence-corrected chi connectivity index (χ1v) is 27.8. The summed E-state index contributed by atoms with van der Waals surface area (Å²) in [6.45, 7) is 18.3. The van der Waals surface area contributed by atoms with Crippen LogP contribution in [0.15, 0.2) is 36.0 Å². The first kappa shape index (κ1) is 50.8. The molecule has 3 N–H and O–H groups in total. The minimum absolute atomic E-state index is 0.125. The summed E-state index contributed by atoms with van der Waals surface area (Å²) in [6.07, 6.45) is 6.75. The standard InChI is InChI=1S/C52H75NO17S/c1-26-17-32-37(24-50(6)39(63-32)22-36-46(69-50)27(2)18-44(55)65-36)62-31-11-13-49(5)40(66-45(26)31)23-41-51(7,70-49)25-43-48(4,68-41)12-9-10-30-33(64-43)20-35-34(61-30)21-42-52(8,67-35)38(54)19-29(60-42)16-28(3)47(56)53-14-15-71(57,58)59/h9-10,18,26,29-43,45-46,54H,3,11-17,19-25H2,1-2,4-8H3,(H,53,56)(H,57,58,59)/t26-,29-,30-,31+,32+,33+,34+,35-,36+,37-,38+,39-,40+,41-,42-,43-,45-,46-,48+,49-,50+,51+,52+/m1/s1. The Morgan fingerprint density at radius 3 is 2.30 bits per heavy atom. The summed E-state index contributed by atoms with van der Waals surface area (Å²) in [6, 6.07) is 0. The van der Waals surface area contributed by atoms with Crippen LogP contribution >= 0.6 is 0 Å². The van der Waals surface area contributed by atoms with Gasteiger partial charge in [-0.3, -0.25) is 9.35 Å². The average Bonchev–Trinajstić information content (AvgIpc) is 3.48. The van der Waals surface area contributed by atoms with Crippen LogP contribution in [0.1, 0.15) is 126 Å². The Kier molecular flexibility index (Phi) is 13.0. The second-order valence-corrected chi connectivity index (χ2v) is 25.6. The van der Waals surface area contributed by atoms with E-state index in [0.29, 0.717) is 44.9 Å². The molecule has 11 aliphatic rings. The first-order valence-electron chi connectivity index (χ1n) is 26.2. The van der Waals surface area contributed by atoms with Gasteiger partial charge in [0.15, 0.2) is 0 Å². The number of carbonyl (C=O) groups excluding carboxylic acids is 2. The molecule has 9 fully saturated rings. The van der Waals surface area contributed by atoms with Gasteiger partial charge in [-0.25, -0.2) is 4.79 Å². The zero-order valence-electron chi connectivity index (χ0n) is 42.2. The van der Waals surface area contributed by atoms with E-state index >= 15 is 0 Å². The number of rotatable bonds is 6. The van der Waals surface area contributed by atoms with E-state index in [2.05, 4.69) is 58.7 Å². The Morgan fingerprint density at radius 2 is 1.51 bits per heavy atom. The maximum atomic E-state index is 12.7. The number of aliphatic hydroxyl groups excluding tert-OH is 1. The van der Waals surface area contributed by atoms with Crippen LogP contribution in [0.3, 0.4) is 0 Å². The maximum Gasteiger partial charge on any atom is 0.331 e. The van der Waals surface area contributed by atoms with Crippen molar-refractivity contribution in [1.29, 1.82) is 0 Å². The van der Waals surface area contributed by atoms with Crippen LogP contribution in [0.25, 0.3) is 0 Å². The molecule has 0 aromatic heterocycles. The van der Waals surface area contributed by atoms with Crippen molar-refractivity contribution in [1.82, 2.24) is 5.32 Å². The van der Waals surface area contributed by atoms with Gasteiger partial charge in [0.25, 0.3) is 10.1 Å². The molecule has 0 bridgehead atoms. The Bertz CT molecular complexity index is 2300. The number of hydrogen-bond acceptors (Lipinski definition) is 16. The van der Waals surface area contributed by atoms with Crippen LogP contribution in [0.2, 0.25) is 0 Å². The molecule has 11 rings (SSSR count). The molecule has 0 unspecified atom stereocenters. The van der Waals surface area contributed by atoms with Crippen LogP contribution in [0.4, 0.5) is 0 Å². The summed E-state index contributed by atoms with van der Waals surface area (Å²) < 4.78 is 107. The second kappa shape index (κ2) is 18.1. The van der Waals surface area contributed by atoms with Crippen molar-refractivity contribution in [2.45, 2.75) is 257 Å². The minimum Gasteiger partial charge on any atom is -0.456 e. The van der Waals surface area contributed by atoms with Crippen molar-refractivity contribution in [3.63, 3.8) is 0 Å². The van der Waals surface area contributed by atoms with Crippen molar-refractivity contribution < 1.29 is 79.8 Å². The Morgan fingerprint density at radius 1 is 0.761 bits per heavy atom. The van der Waals surface area contributed by atoms with Crippen LogP contribution in [0, 0.1) is 5.92 Å². The number of fused-ring (bicyclic) bond motifs is 10. The van der Waals surface area contributed by atoms with Crippen molar-refractivity contribution >= 4 is 22.0 Å². The number of hydrogen-bond donors (Lipinski definition) is 3. The molecule has 396 valence electrons. The first-order chi connectivity index (χ1) is 33.4. The monoisotopic (exact) mass is 1020 g/mol. The Labute approximate surface area is 417 Å². The Hall–Kier alpha value is -2.37. The largest absolute Gasteiger partial charge is 0.456 e. The Balaban J connectivity index is 0.741. The highest BCUT2D eigenvalue weighted by molar-refractivity contribution is 7.85. The summed E-state index contributed by atoms with van der Waals surface area (Å²) in [5.41, 5.74) is -2.53. The SMILES string of the molecule is C=C(C[C@@H]1C[C@H](O)[C@]2(C)O[C@@H]3C[C@@H]4O[C@@H]5C[C@]6(C)O[C@]7(C)CC[C@@H]8O[C@@H]9C[C@]%10(C)O[C@@H]%11C(C)=CC(=O)O[C@H]%11C[C@H]%10O[C@H]9C[C@@H](C)[C@H]8O[C@H]7C[C@H]6O[C@@]5(C)CC=C[C@H]4O[C@H]3C[C@H]2O1)C(=O)NCCS(=O)(=O)O. The highest BCUT2D eigenvalue weighted by atomic mass is 32.2. The third-order valence-electron chi connectivity index (χ3n) is 18.6. The lowest BCUT2D eigenvalue weighted by atomic mass is 9.72. The molecule has 0 saturated carbocycles. The summed E-state index contributed by atoms with van der Waals surface area (Å²) >= 11 is 0. The lowest BCUT2D eigenvalue weighted by molar-refractivity contribution is -0.356. The molecule has 0 spiro atoms. The number of carbonyl (C=O) groups is 2. The molecule has 11 aliphatic heterocycles. The van der Waals surface area contributed by atoms with Gasteiger partial charge in [-0.05, 0) is 78.7 Å². The molecular formula is C52H75NO17S. The molecular weight excluding hydrogens is 943 g/mol. The molecule has 18 nitrogen and oxygen atoms in total. The molecule has 11 heterocycles. The predicted molar refractivity (Wildman–Crippen MR) is 252 cm³/mol. The fourth-order valence-corrected chi connectivity index (χ4v) is 14.8. The molecule has 9 saturated heterocycles. The van der Waals surface area contributed by atoms with Gasteiger partial charge in [0.05, 0.1) is 114 Å². The number of amides is 1. The van der Waals surface area contributed by atoms with Gasteiger partial charge in [-0.15, -0.1) is 0 Å². The summed E-state index contributed by atoms with van der Waals surface area (Å²) in [7, 11) is -4.23. The van der Waals surface area contributed by atoms with E-state index in [-0.39, 0.29) is 122 Å². The fraction of sp³-hybridized carbons (Fsp3) is 0.846. The van der Waals surface area contributed by atoms with Crippen LogP contribution in [0.5, 0.6) is 0 Å². The van der Waals surface area contributed by atoms with E-state index in [0.717, 1.165) is 24.8 Å². The summed E-state index contributed by atoms with van der Waals surface area (Å²) in [4.78, 5) is 24.9. The summed E-state index contributed by atoms with van der Waals surface area (Å²) in [5, 5.41) is 14.1. The van der Waals surface area contributed by atoms with E-state index in [9.17, 15) is 23.1 Å². The highest BCUT2D eigenvalue weighted by Crippen LogP contribution is 2.55. The number of aliphatic hydroxyl groups is 1. The lowest BCUT2D eigenvalue weighted by Crippen LogP contribution is -2.70. The van der Waals surface area contributed by atoms with Crippen molar-refractivity contribution in [3.05, 3.63) is 36.0 Å². The van der Waals surface area contributed by atoms with Gasteiger partial charge in [-0.2, -0.15) is 8.42 Å². The zero-order valence-corrected chi connectivity index (χ0v) is 43.0. The highest BCUT2D eigenvalue weighted by Gasteiger charge is 2.64. The third kappa shape index (κ3) is 9.34. The molecule has 0 aromatic carbocycles. The van der Waals surface area contributed by atoms with Crippen molar-refractivity contribution in [3.8, 4) is 0 Å². The second-order valence-electron chi connectivity index (χ2n) is 24.1. The molecule has 71 heavy (non-hydrogen) atoms. The number of ether oxygens (including phenoxy) is 11. The van der Waals surface area contributed by atoms with Crippen LogP contribution < -0.4 is 5.32 Å². The number of nitrogens with one attached hydrogen (secondary N) is 1. The van der Waals surface area contributed by atoms with E-state index in [4.69, 9.17) is 56.7 Å². The average molecular weight is 1020 g/mol. The molecule has 0 radical (unpaired) electrons. The third-order valence-corrected chi connectivity index (χ3v) is 19.3. The van der Waals surface area contributed by atoms with E-state index in [1.165, 1.54) is 6.08 Å². The van der Waals surface area contributed by atoms with Gasteiger partial charge >= 0.3 is 5.97 Å². The number of esters is 1. The fourth-order valence-electron chi connectivity index (χ4n) is 14.4. The summed E-state index contributed by atoms with van der Waals surface area (Å²) in [5.74, 6) is -1.34. The molecule has 23 atom stereocenters. The maximum absolute atomic E-state index is 12.7. The normalized spacial score (nSPS) is 52.2. The van der Waals surface area contributed by atoms with Gasteiger partial charge in [0.2, 0.25) is 5.91 Å². The van der Waals surface area contributed by atoms with E-state index in [1.54, 1.807) is 0 Å². The topological polar surface area (TPSA) is 222 Å². The molecule has 1 amide bonds. The van der Waals surface area contributed by atoms with Gasteiger partial charge in [0, 0.05) is 69.6 Å². The van der Waals surface area contributed by atoms with Gasteiger partial charge < -0.3 is 62.5 Å². The molecule has 0 aliphatic carbocycles. The van der Waals surface area contributed by atoms with Crippen molar-refractivity contribution in [2.24, 2.45) is 5.92 Å². The minimum atomic E-state index is -4.23. The van der Waals surface area contributed by atoms with Gasteiger partial charge in [-0.1, -0.05) is 25.7 Å². The predicted octanol–water partition coefficient (Wildman–Crippen LogP) is 4.28. The van der Waals surface area contributed by atoms with E-state index in [1.807, 2.05) is 13.8 Å². The van der Waals surface area contributed by atoms with Crippen molar-refractivity contribution in [2.75, 3.05) is 12.3 Å². The van der Waals surface area contributed by atoms with Gasteiger partial charge in [0.1, 0.15) is 23.9 Å². The molecule has 0 aromatic rings.